The fraction of sp³-hybridized carbons (Fsp3) is 0.355. The molecule has 0 aliphatic carbocycles. The first-order valence-electron chi connectivity index (χ1n) is 13.6. The van der Waals surface area contributed by atoms with E-state index in [2.05, 4.69) is 15.5 Å². The fourth-order valence-corrected chi connectivity index (χ4v) is 5.03. The van der Waals surface area contributed by atoms with Gasteiger partial charge in [0.25, 0.3) is 0 Å². The summed E-state index contributed by atoms with van der Waals surface area (Å²) in [7, 11) is 4.57. The molecule has 9 nitrogen and oxygen atoms in total. The minimum Gasteiger partial charge on any atom is -0.493 e. The zero-order chi connectivity index (χ0) is 30.1. The second-order valence-corrected chi connectivity index (χ2v) is 9.84. The van der Waals surface area contributed by atoms with Crippen LogP contribution in [0.5, 0.6) is 17.2 Å². The van der Waals surface area contributed by atoms with Crippen molar-refractivity contribution < 1.29 is 32.6 Å². The molecule has 1 aliphatic heterocycles. The molecule has 0 aromatic heterocycles. The van der Waals surface area contributed by atoms with Crippen molar-refractivity contribution in [3.05, 3.63) is 89.0 Å². The number of carbonyl (C=O) groups excluding carboxylic acids is 2. The van der Waals surface area contributed by atoms with E-state index in [9.17, 15) is 18.4 Å². The van der Waals surface area contributed by atoms with Crippen molar-refractivity contribution in [2.45, 2.75) is 12.6 Å². The van der Waals surface area contributed by atoms with E-state index in [-0.39, 0.29) is 49.1 Å². The highest BCUT2D eigenvalue weighted by Crippen LogP contribution is 2.38. The molecule has 42 heavy (non-hydrogen) atoms. The summed E-state index contributed by atoms with van der Waals surface area (Å²) >= 11 is 0. The SMILES string of the molecule is COc1cc(CNC(=O)CNCC(=O)N2CCN(C(c3ccc(F)cc3)c3ccc(F)cc3)CC2)cc(OC)c1OC. The minimum absolute atomic E-state index is 0.0205. The molecule has 1 fully saturated rings. The third-order valence-corrected chi connectivity index (χ3v) is 7.18. The predicted molar refractivity (Wildman–Crippen MR) is 154 cm³/mol. The van der Waals surface area contributed by atoms with E-state index in [0.29, 0.717) is 43.4 Å². The van der Waals surface area contributed by atoms with E-state index in [1.165, 1.54) is 45.6 Å². The molecule has 2 N–H and O–H groups in total. The Bertz CT molecular complexity index is 1280. The summed E-state index contributed by atoms with van der Waals surface area (Å²) in [5.74, 6) is 0.439. The third kappa shape index (κ3) is 7.74. The smallest absolute Gasteiger partial charge is 0.236 e. The molecular formula is C31H36F2N4O5. The molecule has 0 bridgehead atoms. The summed E-state index contributed by atoms with van der Waals surface area (Å²) in [6, 6.07) is 15.9. The Balaban J connectivity index is 1.26. The molecule has 4 rings (SSSR count). The van der Waals surface area contributed by atoms with Crippen LogP contribution in [0.2, 0.25) is 0 Å². The summed E-state index contributed by atoms with van der Waals surface area (Å²) in [6.07, 6.45) is 0. The van der Waals surface area contributed by atoms with E-state index >= 15 is 0 Å². The lowest BCUT2D eigenvalue weighted by molar-refractivity contribution is -0.132. The second kappa shape index (κ2) is 14.6. The number of carbonyl (C=O) groups is 2. The topological polar surface area (TPSA) is 92.4 Å². The number of ether oxygens (including phenoxy) is 3. The molecule has 3 aromatic carbocycles. The molecule has 3 aromatic rings. The van der Waals surface area contributed by atoms with Crippen LogP contribution >= 0.6 is 0 Å². The molecule has 0 spiro atoms. The van der Waals surface area contributed by atoms with Gasteiger partial charge in [-0.2, -0.15) is 0 Å². The Morgan fingerprint density at radius 2 is 1.31 bits per heavy atom. The van der Waals surface area contributed by atoms with Crippen LogP contribution in [0, 0.1) is 11.6 Å². The highest BCUT2D eigenvalue weighted by atomic mass is 19.1. The number of benzene rings is 3. The predicted octanol–water partition coefficient (Wildman–Crippen LogP) is 3.13. The number of rotatable bonds is 12. The number of hydrogen-bond donors (Lipinski definition) is 2. The number of halogens is 2. The molecule has 2 amide bonds. The van der Waals surface area contributed by atoms with Gasteiger partial charge in [-0.15, -0.1) is 0 Å². The van der Waals surface area contributed by atoms with E-state index < -0.39 is 0 Å². The van der Waals surface area contributed by atoms with Crippen LogP contribution in [0.4, 0.5) is 8.78 Å². The summed E-state index contributed by atoms with van der Waals surface area (Å²) in [4.78, 5) is 29.2. The van der Waals surface area contributed by atoms with Gasteiger partial charge in [0.15, 0.2) is 11.5 Å². The largest absolute Gasteiger partial charge is 0.493 e. The molecule has 1 saturated heterocycles. The highest BCUT2D eigenvalue weighted by Gasteiger charge is 2.28. The summed E-state index contributed by atoms with van der Waals surface area (Å²) in [5, 5.41) is 5.74. The molecule has 0 radical (unpaired) electrons. The molecule has 1 heterocycles. The Morgan fingerprint density at radius 3 is 1.79 bits per heavy atom. The maximum atomic E-state index is 13.6. The van der Waals surface area contributed by atoms with Crippen LogP contribution in [-0.2, 0) is 16.1 Å². The van der Waals surface area contributed by atoms with Crippen LogP contribution in [0.1, 0.15) is 22.7 Å². The zero-order valence-corrected chi connectivity index (χ0v) is 24.0. The van der Waals surface area contributed by atoms with Crippen LogP contribution in [0.25, 0.3) is 0 Å². The molecular weight excluding hydrogens is 546 g/mol. The van der Waals surface area contributed by atoms with E-state index in [1.54, 1.807) is 41.3 Å². The molecule has 0 saturated carbocycles. The normalized spacial score (nSPS) is 13.6. The average Bonchev–Trinajstić information content (AvgIpc) is 3.01. The van der Waals surface area contributed by atoms with Gasteiger partial charge >= 0.3 is 0 Å². The van der Waals surface area contributed by atoms with Crippen molar-refractivity contribution in [2.75, 3.05) is 60.6 Å². The molecule has 0 unspecified atom stereocenters. The van der Waals surface area contributed by atoms with Gasteiger partial charge in [0.05, 0.1) is 40.5 Å². The first-order valence-corrected chi connectivity index (χ1v) is 13.6. The second-order valence-electron chi connectivity index (χ2n) is 9.84. The molecule has 0 atom stereocenters. The fourth-order valence-electron chi connectivity index (χ4n) is 5.03. The number of nitrogens with zero attached hydrogens (tertiary/aromatic N) is 2. The number of hydrogen-bond acceptors (Lipinski definition) is 7. The van der Waals surface area contributed by atoms with E-state index in [4.69, 9.17) is 14.2 Å². The lowest BCUT2D eigenvalue weighted by Crippen LogP contribution is -2.52. The van der Waals surface area contributed by atoms with Crippen molar-refractivity contribution in [3.8, 4) is 17.2 Å². The first-order chi connectivity index (χ1) is 20.3. The maximum Gasteiger partial charge on any atom is 0.236 e. The third-order valence-electron chi connectivity index (χ3n) is 7.18. The quantitative estimate of drug-likeness (QED) is 0.339. The van der Waals surface area contributed by atoms with Crippen LogP contribution in [-0.4, -0.2) is 82.2 Å². The van der Waals surface area contributed by atoms with Crippen molar-refractivity contribution in [1.29, 1.82) is 0 Å². The van der Waals surface area contributed by atoms with Gasteiger partial charge in [-0.3, -0.25) is 19.8 Å². The highest BCUT2D eigenvalue weighted by molar-refractivity contribution is 5.81. The van der Waals surface area contributed by atoms with Gasteiger partial charge in [0.1, 0.15) is 11.6 Å². The van der Waals surface area contributed by atoms with Crippen LogP contribution in [0.15, 0.2) is 60.7 Å². The van der Waals surface area contributed by atoms with Gasteiger partial charge in [0.2, 0.25) is 17.6 Å². The minimum atomic E-state index is -0.325. The Labute approximate surface area is 244 Å². The molecule has 224 valence electrons. The van der Waals surface area contributed by atoms with Gasteiger partial charge < -0.3 is 24.4 Å². The van der Waals surface area contributed by atoms with Gasteiger partial charge in [-0.05, 0) is 53.1 Å². The standard InChI is InChI=1S/C31H36F2N4O5/c1-40-26-16-21(17-27(41-2)31(26)42-3)18-35-28(38)19-34-20-29(39)36-12-14-37(15-13-36)30(22-4-8-24(32)9-5-22)23-6-10-25(33)11-7-23/h4-11,16-17,30,34H,12-15,18-20H2,1-3H3,(H,35,38). The van der Waals surface area contributed by atoms with Crippen LogP contribution < -0.4 is 24.8 Å². The van der Waals surface area contributed by atoms with Gasteiger partial charge in [-0.25, -0.2) is 8.78 Å². The summed E-state index contributed by atoms with van der Waals surface area (Å²) in [5.41, 5.74) is 2.55. The first kappa shape index (κ1) is 30.7. The van der Waals surface area contributed by atoms with Crippen LogP contribution in [0.3, 0.4) is 0 Å². The molecule has 1 aliphatic rings. The number of methoxy groups -OCH3 is 3. The lowest BCUT2D eigenvalue weighted by atomic mass is 9.96. The summed E-state index contributed by atoms with van der Waals surface area (Å²) in [6.45, 7) is 2.40. The van der Waals surface area contributed by atoms with E-state index in [1.807, 2.05) is 0 Å². The lowest BCUT2D eigenvalue weighted by Gasteiger charge is -2.39. The Morgan fingerprint density at radius 1 is 0.786 bits per heavy atom. The summed E-state index contributed by atoms with van der Waals surface area (Å²) < 4.78 is 43.2. The molecule has 11 heteroatoms. The van der Waals surface area contributed by atoms with Gasteiger partial charge in [-0.1, -0.05) is 24.3 Å². The van der Waals surface area contributed by atoms with Crippen molar-refractivity contribution >= 4 is 11.8 Å². The number of nitrogens with one attached hydrogen (secondary N) is 2. The van der Waals surface area contributed by atoms with E-state index in [0.717, 1.165) is 16.7 Å². The van der Waals surface area contributed by atoms with Crippen molar-refractivity contribution in [2.24, 2.45) is 0 Å². The number of amides is 2. The van der Waals surface area contributed by atoms with Crippen molar-refractivity contribution in [1.82, 2.24) is 20.4 Å². The van der Waals surface area contributed by atoms with Crippen molar-refractivity contribution in [3.63, 3.8) is 0 Å². The Kier molecular flexibility index (Phi) is 10.7. The zero-order valence-electron chi connectivity index (χ0n) is 24.0. The van der Waals surface area contributed by atoms with Gasteiger partial charge in [0, 0.05) is 32.7 Å². The maximum absolute atomic E-state index is 13.6. The average molecular weight is 583 g/mol. The Hall–Kier alpha value is -4.22. The monoisotopic (exact) mass is 582 g/mol. The number of piperazine rings is 1.